The quantitative estimate of drug-likeness (QED) is 0.504. The number of fused-ring (bicyclic) bond motifs is 1. The second kappa shape index (κ2) is 10.1. The lowest BCUT2D eigenvalue weighted by molar-refractivity contribution is -0.136. The van der Waals surface area contributed by atoms with Crippen LogP contribution in [0.1, 0.15) is 46.4 Å². The van der Waals surface area contributed by atoms with Gasteiger partial charge < -0.3 is 15.4 Å². The van der Waals surface area contributed by atoms with Crippen molar-refractivity contribution >= 4 is 41.9 Å². The highest BCUT2D eigenvalue weighted by atomic mass is 35.5. The summed E-state index contributed by atoms with van der Waals surface area (Å²) < 4.78 is 5.57. The van der Waals surface area contributed by atoms with Crippen LogP contribution < -0.4 is 20.7 Å². The van der Waals surface area contributed by atoms with Gasteiger partial charge in [0.2, 0.25) is 11.8 Å². The van der Waals surface area contributed by atoms with E-state index in [9.17, 15) is 24.0 Å². The predicted octanol–water partition coefficient (Wildman–Crippen LogP) is 0.00420. The summed E-state index contributed by atoms with van der Waals surface area (Å²) in [6.45, 7) is 2.15. The first kappa shape index (κ1) is 23.7. The molecule has 1 unspecified atom stereocenters. The first-order valence-corrected chi connectivity index (χ1v) is 10.4. The number of benzene rings is 1. The minimum Gasteiger partial charge on any atom is -0.483 e. The molecule has 0 saturated carbocycles. The number of halogens is 1. The van der Waals surface area contributed by atoms with Crippen molar-refractivity contribution in [1.29, 1.82) is 0 Å². The van der Waals surface area contributed by atoms with Gasteiger partial charge in [-0.15, -0.1) is 12.4 Å². The summed E-state index contributed by atoms with van der Waals surface area (Å²) in [7, 11) is 0. The zero-order chi connectivity index (χ0) is 22.0. The average Bonchev–Trinajstić information content (AvgIpc) is 3.02. The molecule has 1 atom stereocenters. The van der Waals surface area contributed by atoms with Crippen LogP contribution in [0.15, 0.2) is 18.2 Å². The summed E-state index contributed by atoms with van der Waals surface area (Å²) in [5, 5.41) is 8.27. The third kappa shape index (κ3) is 4.76. The largest absolute Gasteiger partial charge is 0.483 e. The summed E-state index contributed by atoms with van der Waals surface area (Å²) in [6.07, 6.45) is 2.12. The summed E-state index contributed by atoms with van der Waals surface area (Å²) in [5.41, 5.74) is 0.144. The Morgan fingerprint density at radius 2 is 1.84 bits per heavy atom. The van der Waals surface area contributed by atoms with Crippen LogP contribution >= 0.6 is 12.4 Å². The third-order valence-corrected chi connectivity index (χ3v) is 5.84. The van der Waals surface area contributed by atoms with E-state index in [4.69, 9.17) is 4.74 Å². The summed E-state index contributed by atoms with van der Waals surface area (Å²) >= 11 is 0. The van der Waals surface area contributed by atoms with Crippen molar-refractivity contribution < 1.29 is 28.7 Å². The fourth-order valence-electron chi connectivity index (χ4n) is 4.14. The van der Waals surface area contributed by atoms with Gasteiger partial charge in [-0.05, 0) is 50.4 Å². The van der Waals surface area contributed by atoms with Crippen molar-refractivity contribution in [2.75, 3.05) is 26.2 Å². The molecule has 3 aliphatic heterocycles. The van der Waals surface area contributed by atoms with Gasteiger partial charge in [-0.3, -0.25) is 34.2 Å². The van der Waals surface area contributed by atoms with Crippen LogP contribution in [-0.4, -0.2) is 66.7 Å². The topological polar surface area (TPSA) is 134 Å². The van der Waals surface area contributed by atoms with E-state index in [1.807, 2.05) is 0 Å². The lowest BCUT2D eigenvalue weighted by atomic mass is 9.98. The Morgan fingerprint density at radius 1 is 1.09 bits per heavy atom. The van der Waals surface area contributed by atoms with Crippen LogP contribution in [0.5, 0.6) is 5.75 Å². The van der Waals surface area contributed by atoms with Crippen molar-refractivity contribution in [3.05, 3.63) is 29.3 Å². The van der Waals surface area contributed by atoms with E-state index in [1.165, 1.54) is 12.1 Å². The van der Waals surface area contributed by atoms with E-state index in [0.29, 0.717) is 12.5 Å². The highest BCUT2D eigenvalue weighted by molar-refractivity contribution is 6.24. The second-order valence-electron chi connectivity index (χ2n) is 7.91. The number of hydrogen-bond acceptors (Lipinski definition) is 7. The molecule has 0 bridgehead atoms. The van der Waals surface area contributed by atoms with E-state index in [0.717, 1.165) is 30.8 Å². The summed E-state index contributed by atoms with van der Waals surface area (Å²) in [5.74, 6) is -2.16. The van der Waals surface area contributed by atoms with Crippen molar-refractivity contribution in [3.63, 3.8) is 0 Å². The number of ether oxygens (including phenoxy) is 1. The Balaban J connectivity index is 0.00000289. The van der Waals surface area contributed by atoms with E-state index < -0.39 is 29.7 Å². The van der Waals surface area contributed by atoms with E-state index in [-0.39, 0.29) is 54.6 Å². The smallest absolute Gasteiger partial charge is 0.266 e. The monoisotopic (exact) mass is 464 g/mol. The van der Waals surface area contributed by atoms with Gasteiger partial charge in [0.15, 0.2) is 6.61 Å². The number of nitrogens with one attached hydrogen (secondary N) is 3. The van der Waals surface area contributed by atoms with Crippen molar-refractivity contribution in [1.82, 2.24) is 20.9 Å². The standard InChI is InChI=1S/C21H24N4O6.ClH/c26-16-5-4-14(19(28)24-16)25-20(29)13-2-1-3-15(18(13)21(25)30)31-11-17(27)23-10-12-6-8-22-9-7-12;/h1-3,12,14,22H,4-11H2,(H,23,27)(H,24,26,28);1H. The van der Waals surface area contributed by atoms with Gasteiger partial charge in [0, 0.05) is 13.0 Å². The summed E-state index contributed by atoms with van der Waals surface area (Å²) in [4.78, 5) is 62.4. The maximum absolute atomic E-state index is 13.0. The number of hydrogen-bond donors (Lipinski definition) is 3. The maximum atomic E-state index is 13.0. The number of imide groups is 2. The normalized spacial score (nSPS) is 21.0. The first-order valence-electron chi connectivity index (χ1n) is 10.4. The minimum absolute atomic E-state index is 0. The molecule has 1 aromatic carbocycles. The highest BCUT2D eigenvalue weighted by Gasteiger charge is 2.46. The van der Waals surface area contributed by atoms with Gasteiger partial charge in [0.25, 0.3) is 17.7 Å². The van der Waals surface area contributed by atoms with Crippen LogP contribution in [0, 0.1) is 5.92 Å². The van der Waals surface area contributed by atoms with Crippen LogP contribution in [-0.2, 0) is 14.4 Å². The number of amides is 5. The van der Waals surface area contributed by atoms with Crippen molar-refractivity contribution in [2.45, 2.75) is 31.7 Å². The third-order valence-electron chi connectivity index (χ3n) is 5.84. The molecule has 172 valence electrons. The number of carbonyl (C=O) groups excluding carboxylic acids is 5. The molecule has 2 fully saturated rings. The fourth-order valence-corrected chi connectivity index (χ4v) is 4.14. The zero-order valence-electron chi connectivity index (χ0n) is 17.3. The molecular formula is C21H25ClN4O6. The Morgan fingerprint density at radius 3 is 2.56 bits per heavy atom. The number of rotatable bonds is 6. The van der Waals surface area contributed by atoms with Gasteiger partial charge in [-0.25, -0.2) is 0 Å². The zero-order valence-corrected chi connectivity index (χ0v) is 18.2. The first-order chi connectivity index (χ1) is 15.0. The van der Waals surface area contributed by atoms with Crippen LogP contribution in [0.2, 0.25) is 0 Å². The van der Waals surface area contributed by atoms with Gasteiger partial charge in [-0.2, -0.15) is 0 Å². The molecular weight excluding hydrogens is 440 g/mol. The maximum Gasteiger partial charge on any atom is 0.266 e. The van der Waals surface area contributed by atoms with E-state index >= 15 is 0 Å². The van der Waals surface area contributed by atoms with Crippen LogP contribution in [0.25, 0.3) is 0 Å². The van der Waals surface area contributed by atoms with Crippen molar-refractivity contribution in [2.24, 2.45) is 5.92 Å². The Kier molecular flexibility index (Phi) is 7.47. The Labute approximate surface area is 190 Å². The van der Waals surface area contributed by atoms with Crippen LogP contribution in [0.3, 0.4) is 0 Å². The molecule has 10 nitrogen and oxygen atoms in total. The van der Waals surface area contributed by atoms with E-state index in [1.54, 1.807) is 6.07 Å². The van der Waals surface area contributed by atoms with Gasteiger partial charge in [0.1, 0.15) is 11.8 Å². The molecule has 3 aliphatic rings. The predicted molar refractivity (Wildman–Crippen MR) is 114 cm³/mol. The lowest BCUT2D eigenvalue weighted by Gasteiger charge is -2.27. The second-order valence-corrected chi connectivity index (χ2v) is 7.91. The highest BCUT2D eigenvalue weighted by Crippen LogP contribution is 2.33. The lowest BCUT2D eigenvalue weighted by Crippen LogP contribution is -2.54. The molecule has 1 aromatic rings. The number of piperidine rings is 2. The van der Waals surface area contributed by atoms with Gasteiger partial charge in [0.05, 0.1) is 11.1 Å². The molecule has 0 aliphatic carbocycles. The Hall–Kier alpha value is -2.98. The fraction of sp³-hybridized carbons (Fsp3) is 0.476. The molecule has 11 heteroatoms. The molecule has 0 aromatic heterocycles. The molecule has 32 heavy (non-hydrogen) atoms. The van der Waals surface area contributed by atoms with Gasteiger partial charge >= 0.3 is 0 Å². The molecule has 3 N–H and O–H groups in total. The molecule has 4 rings (SSSR count). The molecule has 5 amide bonds. The Bertz CT molecular complexity index is 946. The number of nitrogens with zero attached hydrogens (tertiary/aromatic N) is 1. The SMILES string of the molecule is Cl.O=C(COc1cccc2c1C(=O)N(C1CCC(=O)NC1=O)C2=O)NCC1CCNCC1. The van der Waals surface area contributed by atoms with Crippen LogP contribution in [0.4, 0.5) is 0 Å². The molecule has 0 spiro atoms. The molecule has 2 saturated heterocycles. The van der Waals surface area contributed by atoms with Gasteiger partial charge in [-0.1, -0.05) is 6.07 Å². The number of carbonyl (C=O) groups is 5. The average molecular weight is 465 g/mol. The van der Waals surface area contributed by atoms with Crippen molar-refractivity contribution in [3.8, 4) is 5.75 Å². The minimum atomic E-state index is -1.05. The van der Waals surface area contributed by atoms with E-state index in [2.05, 4.69) is 16.0 Å². The summed E-state index contributed by atoms with van der Waals surface area (Å²) in [6, 6.07) is 3.50. The molecule has 3 heterocycles. The molecule has 0 radical (unpaired) electrons.